The molecule has 1 aliphatic heterocycles. The van der Waals surface area contributed by atoms with Crippen molar-refractivity contribution in [1.29, 1.82) is 5.26 Å². The summed E-state index contributed by atoms with van der Waals surface area (Å²) in [6.07, 6.45) is 5.47. The van der Waals surface area contributed by atoms with E-state index in [1.807, 2.05) is 25.6 Å². The van der Waals surface area contributed by atoms with Crippen LogP contribution in [0, 0.1) is 22.7 Å². The average Bonchev–Trinajstić information content (AvgIpc) is 2.45. The van der Waals surface area contributed by atoms with Crippen LogP contribution in [0.1, 0.15) is 52.4 Å². The fourth-order valence-corrected chi connectivity index (χ4v) is 3.93. The maximum Gasteiger partial charge on any atom is 0.240 e. The molecule has 1 heterocycles. The minimum Gasteiger partial charge on any atom is -0.354 e. The number of nitriles is 1. The van der Waals surface area contributed by atoms with E-state index >= 15 is 0 Å². The summed E-state index contributed by atoms with van der Waals surface area (Å²) in [5.41, 5.74) is -0.799. The number of hydrogen-bond acceptors (Lipinski definition) is 3. The normalized spacial score (nSPS) is 16.9. The SMILES string of the molecule is CCCC(C#N)(CCC)C(=O)NCC1CCSCC1. The topological polar surface area (TPSA) is 52.9 Å². The third kappa shape index (κ3) is 4.72. The molecule has 0 saturated carbocycles. The van der Waals surface area contributed by atoms with Crippen LogP contribution in [-0.4, -0.2) is 24.0 Å². The zero-order valence-corrected chi connectivity index (χ0v) is 13.0. The lowest BCUT2D eigenvalue weighted by molar-refractivity contribution is -0.129. The van der Waals surface area contributed by atoms with Gasteiger partial charge in [-0.25, -0.2) is 0 Å². The zero-order chi connectivity index (χ0) is 14.1. The molecule has 0 radical (unpaired) electrons. The molecule has 0 atom stereocenters. The Morgan fingerprint density at radius 3 is 2.37 bits per heavy atom. The van der Waals surface area contributed by atoms with Gasteiger partial charge in [0.05, 0.1) is 6.07 Å². The van der Waals surface area contributed by atoms with E-state index in [-0.39, 0.29) is 5.91 Å². The Balaban J connectivity index is 2.53. The number of nitrogens with zero attached hydrogens (tertiary/aromatic N) is 1. The predicted octanol–water partition coefficient (Wildman–Crippen LogP) is 3.36. The van der Waals surface area contributed by atoms with E-state index in [2.05, 4.69) is 11.4 Å². The van der Waals surface area contributed by atoms with Crippen LogP contribution in [0.5, 0.6) is 0 Å². The molecule has 4 heteroatoms. The lowest BCUT2D eigenvalue weighted by Crippen LogP contribution is -2.42. The van der Waals surface area contributed by atoms with E-state index in [9.17, 15) is 10.1 Å². The molecule has 19 heavy (non-hydrogen) atoms. The van der Waals surface area contributed by atoms with Gasteiger partial charge in [-0.3, -0.25) is 4.79 Å². The molecule has 1 amide bonds. The van der Waals surface area contributed by atoms with Crippen molar-refractivity contribution in [3.8, 4) is 6.07 Å². The molecule has 1 aliphatic rings. The Morgan fingerprint density at radius 2 is 1.89 bits per heavy atom. The highest BCUT2D eigenvalue weighted by molar-refractivity contribution is 7.99. The minimum absolute atomic E-state index is 0.0445. The highest BCUT2D eigenvalue weighted by Crippen LogP contribution is 2.30. The molecule has 0 aromatic carbocycles. The molecule has 1 N–H and O–H groups in total. The van der Waals surface area contributed by atoms with Crippen LogP contribution in [0.2, 0.25) is 0 Å². The number of amides is 1. The van der Waals surface area contributed by atoms with Gasteiger partial charge in [-0.05, 0) is 43.1 Å². The third-order valence-corrected chi connectivity index (χ3v) is 4.94. The molecule has 0 aromatic heterocycles. The summed E-state index contributed by atoms with van der Waals surface area (Å²) in [5.74, 6) is 2.96. The molecular weight excluding hydrogens is 256 g/mol. The molecule has 0 bridgehead atoms. The lowest BCUT2D eigenvalue weighted by Gasteiger charge is -2.27. The second-order valence-corrected chi connectivity index (χ2v) is 6.68. The fraction of sp³-hybridized carbons (Fsp3) is 0.867. The maximum atomic E-state index is 12.4. The summed E-state index contributed by atoms with van der Waals surface area (Å²) in [5, 5.41) is 12.5. The van der Waals surface area contributed by atoms with E-state index in [1.54, 1.807) is 0 Å². The lowest BCUT2D eigenvalue weighted by atomic mass is 9.79. The van der Waals surface area contributed by atoms with E-state index < -0.39 is 5.41 Å². The number of thioether (sulfide) groups is 1. The fourth-order valence-electron chi connectivity index (χ4n) is 2.72. The number of nitrogens with one attached hydrogen (secondary N) is 1. The molecule has 0 unspecified atom stereocenters. The van der Waals surface area contributed by atoms with E-state index in [0.29, 0.717) is 18.8 Å². The quantitative estimate of drug-likeness (QED) is 0.779. The van der Waals surface area contributed by atoms with Crippen molar-refractivity contribution >= 4 is 17.7 Å². The maximum absolute atomic E-state index is 12.4. The Bertz CT molecular complexity index is 313. The highest BCUT2D eigenvalue weighted by Gasteiger charge is 2.36. The number of rotatable bonds is 7. The first kappa shape index (κ1) is 16.4. The van der Waals surface area contributed by atoms with Crippen molar-refractivity contribution in [3.63, 3.8) is 0 Å². The molecule has 0 aromatic rings. The molecular formula is C15H26N2OS. The van der Waals surface area contributed by atoms with Gasteiger partial charge in [0.1, 0.15) is 5.41 Å². The van der Waals surface area contributed by atoms with Gasteiger partial charge in [0, 0.05) is 6.54 Å². The Labute approximate surface area is 121 Å². The zero-order valence-electron chi connectivity index (χ0n) is 12.2. The van der Waals surface area contributed by atoms with Gasteiger partial charge in [0.15, 0.2) is 0 Å². The van der Waals surface area contributed by atoms with Gasteiger partial charge in [0.25, 0.3) is 0 Å². The van der Waals surface area contributed by atoms with Crippen LogP contribution in [-0.2, 0) is 4.79 Å². The molecule has 1 rings (SSSR count). The van der Waals surface area contributed by atoms with Crippen LogP contribution in [0.15, 0.2) is 0 Å². The first-order chi connectivity index (χ1) is 9.18. The Morgan fingerprint density at radius 1 is 1.32 bits per heavy atom. The van der Waals surface area contributed by atoms with Crippen LogP contribution in [0.3, 0.4) is 0 Å². The second-order valence-electron chi connectivity index (χ2n) is 5.46. The highest BCUT2D eigenvalue weighted by atomic mass is 32.2. The molecule has 3 nitrogen and oxygen atoms in total. The van der Waals surface area contributed by atoms with Gasteiger partial charge in [-0.15, -0.1) is 0 Å². The van der Waals surface area contributed by atoms with E-state index in [4.69, 9.17) is 0 Å². The molecule has 0 spiro atoms. The number of carbonyl (C=O) groups excluding carboxylic acids is 1. The van der Waals surface area contributed by atoms with Crippen LogP contribution >= 0.6 is 11.8 Å². The monoisotopic (exact) mass is 282 g/mol. The minimum atomic E-state index is -0.799. The van der Waals surface area contributed by atoms with Crippen LogP contribution in [0.4, 0.5) is 0 Å². The Kier molecular flexibility index (Phi) is 7.30. The smallest absolute Gasteiger partial charge is 0.240 e. The van der Waals surface area contributed by atoms with Crippen molar-refractivity contribution in [2.24, 2.45) is 11.3 Å². The van der Waals surface area contributed by atoms with Gasteiger partial charge in [-0.1, -0.05) is 26.7 Å². The van der Waals surface area contributed by atoms with Gasteiger partial charge in [0.2, 0.25) is 5.91 Å². The van der Waals surface area contributed by atoms with Crippen molar-refractivity contribution in [3.05, 3.63) is 0 Å². The average molecular weight is 282 g/mol. The third-order valence-electron chi connectivity index (χ3n) is 3.89. The summed E-state index contributed by atoms with van der Waals surface area (Å²) in [7, 11) is 0. The number of hydrogen-bond donors (Lipinski definition) is 1. The number of carbonyl (C=O) groups is 1. The standard InChI is InChI=1S/C15H26N2OS/c1-3-7-15(12-16,8-4-2)14(18)17-11-13-5-9-19-10-6-13/h13H,3-11H2,1-2H3,(H,17,18). The second kappa shape index (κ2) is 8.47. The van der Waals surface area contributed by atoms with Gasteiger partial charge >= 0.3 is 0 Å². The van der Waals surface area contributed by atoms with Gasteiger partial charge < -0.3 is 5.32 Å². The Hall–Kier alpha value is -0.690. The van der Waals surface area contributed by atoms with E-state index in [1.165, 1.54) is 24.3 Å². The van der Waals surface area contributed by atoms with Gasteiger partial charge in [-0.2, -0.15) is 17.0 Å². The van der Waals surface area contributed by atoms with Crippen molar-refractivity contribution < 1.29 is 4.79 Å². The molecule has 108 valence electrons. The first-order valence-electron chi connectivity index (χ1n) is 7.45. The molecule has 1 saturated heterocycles. The summed E-state index contributed by atoms with van der Waals surface area (Å²) >= 11 is 1.99. The van der Waals surface area contributed by atoms with E-state index in [0.717, 1.165) is 19.4 Å². The van der Waals surface area contributed by atoms with Crippen molar-refractivity contribution in [2.75, 3.05) is 18.1 Å². The summed E-state index contributed by atoms with van der Waals surface area (Å²) in [6, 6.07) is 2.29. The summed E-state index contributed by atoms with van der Waals surface area (Å²) < 4.78 is 0. The van der Waals surface area contributed by atoms with Crippen LogP contribution in [0.25, 0.3) is 0 Å². The molecule has 0 aliphatic carbocycles. The summed E-state index contributed by atoms with van der Waals surface area (Å²) in [6.45, 7) is 4.82. The largest absolute Gasteiger partial charge is 0.354 e. The van der Waals surface area contributed by atoms with Crippen molar-refractivity contribution in [2.45, 2.75) is 52.4 Å². The summed E-state index contributed by atoms with van der Waals surface area (Å²) in [4.78, 5) is 12.4. The van der Waals surface area contributed by atoms with Crippen molar-refractivity contribution in [1.82, 2.24) is 5.32 Å². The predicted molar refractivity (Wildman–Crippen MR) is 80.9 cm³/mol. The first-order valence-corrected chi connectivity index (χ1v) is 8.61. The van der Waals surface area contributed by atoms with Crippen LogP contribution < -0.4 is 5.32 Å². The molecule has 1 fully saturated rings.